The van der Waals surface area contributed by atoms with Crippen LogP contribution in [-0.2, 0) is 0 Å². The number of aryl methyl sites for hydroxylation is 1. The van der Waals surface area contributed by atoms with E-state index in [0.29, 0.717) is 0 Å². The second-order valence-electron chi connectivity index (χ2n) is 7.72. The molecule has 0 spiro atoms. The Kier molecular flexibility index (Phi) is 5.39. The molecule has 0 unspecified atom stereocenters. The lowest BCUT2D eigenvalue weighted by Gasteiger charge is -2.37. The Morgan fingerprint density at radius 1 is 0.818 bits per heavy atom. The third kappa shape index (κ3) is 3.83. The second-order valence-corrected chi connectivity index (χ2v) is 7.72. The predicted octanol–water partition coefficient (Wildman–Crippen LogP) is 7.14. The van der Waals surface area contributed by atoms with Gasteiger partial charge in [-0.1, -0.05) is 42.0 Å². The van der Waals surface area contributed by atoms with E-state index in [0.717, 1.165) is 23.7 Å². The molecule has 0 nitrogen and oxygen atoms in total. The Morgan fingerprint density at radius 3 is 1.91 bits per heavy atom. The molecule has 22 heavy (non-hydrogen) atoms. The van der Waals surface area contributed by atoms with Crippen LogP contribution in [0.15, 0.2) is 36.4 Å². The molecule has 1 aromatic carbocycles. The zero-order chi connectivity index (χ0) is 15.4. The maximum absolute atomic E-state index is 2.44. The lowest BCUT2D eigenvalue weighted by Crippen LogP contribution is -2.25. The van der Waals surface area contributed by atoms with Crippen molar-refractivity contribution in [2.24, 2.45) is 17.8 Å². The maximum Gasteiger partial charge on any atom is 0 e. The van der Waals surface area contributed by atoms with Gasteiger partial charge in [0, 0.05) is 2.85 Å². The Labute approximate surface area is 140 Å². The molecule has 0 radical (unpaired) electrons. The molecule has 2 fully saturated rings. The zero-order valence-electron chi connectivity index (χ0n) is 14.4. The molecule has 0 N–H and O–H groups in total. The number of allylic oxidation sites excluding steroid dienone is 2. The van der Waals surface area contributed by atoms with E-state index in [1.807, 2.05) is 0 Å². The summed E-state index contributed by atoms with van der Waals surface area (Å²) in [5, 5.41) is 0. The Bertz CT molecular complexity index is 475. The van der Waals surface area contributed by atoms with Crippen molar-refractivity contribution in [3.05, 3.63) is 47.5 Å². The van der Waals surface area contributed by atoms with Crippen molar-refractivity contribution in [2.75, 3.05) is 0 Å². The fourth-order valence-corrected chi connectivity index (χ4v) is 4.84. The topological polar surface area (TPSA) is 0 Å². The summed E-state index contributed by atoms with van der Waals surface area (Å²) in [5.74, 6) is 3.76. The van der Waals surface area contributed by atoms with Gasteiger partial charge in [0.15, 0.2) is 0 Å². The van der Waals surface area contributed by atoms with Crippen LogP contribution in [-0.4, -0.2) is 0 Å². The average molecular weight is 301 g/mol. The molecule has 124 valence electrons. The van der Waals surface area contributed by atoms with Crippen LogP contribution in [0.25, 0.3) is 0 Å². The molecule has 0 heteroatoms. The van der Waals surface area contributed by atoms with Crippen molar-refractivity contribution in [2.45, 2.75) is 71.1 Å². The third-order valence-corrected chi connectivity index (χ3v) is 6.27. The van der Waals surface area contributed by atoms with Crippen molar-refractivity contribution in [3.63, 3.8) is 0 Å². The van der Waals surface area contributed by atoms with Gasteiger partial charge in [-0.05, 0) is 94.4 Å². The van der Waals surface area contributed by atoms with Gasteiger partial charge in [0.25, 0.3) is 0 Å². The highest BCUT2D eigenvalue weighted by molar-refractivity contribution is 5.24. The van der Waals surface area contributed by atoms with Crippen LogP contribution in [0, 0.1) is 24.7 Å². The quantitative estimate of drug-likeness (QED) is 0.520. The van der Waals surface area contributed by atoms with Crippen molar-refractivity contribution >= 4 is 0 Å². The SMILES string of the molecule is C/C=C/C1CCC(C2CCC(c3ccc(C)cc3)CC2)CC1.[HH].[HH]. The first kappa shape index (κ1) is 15.8. The summed E-state index contributed by atoms with van der Waals surface area (Å²) in [7, 11) is 0. The summed E-state index contributed by atoms with van der Waals surface area (Å²) in [6.07, 6.45) is 16.3. The van der Waals surface area contributed by atoms with Crippen LogP contribution in [0.1, 0.15) is 78.2 Å². The highest BCUT2D eigenvalue weighted by atomic mass is 14.4. The fourth-order valence-electron chi connectivity index (χ4n) is 4.84. The average Bonchev–Trinajstić information content (AvgIpc) is 2.57. The summed E-state index contributed by atoms with van der Waals surface area (Å²) in [6.45, 7) is 4.35. The summed E-state index contributed by atoms with van der Waals surface area (Å²) >= 11 is 0. The van der Waals surface area contributed by atoms with E-state index in [1.54, 1.807) is 5.56 Å². The monoisotopic (exact) mass is 300 g/mol. The van der Waals surface area contributed by atoms with Crippen molar-refractivity contribution in [1.29, 1.82) is 0 Å². The summed E-state index contributed by atoms with van der Waals surface area (Å²) in [4.78, 5) is 0. The molecule has 0 aromatic heterocycles. The molecule has 2 saturated carbocycles. The fraction of sp³-hybridized carbons (Fsp3) is 0.636. The largest absolute Gasteiger partial charge is 0.0914 e. The van der Waals surface area contributed by atoms with E-state index < -0.39 is 0 Å². The van der Waals surface area contributed by atoms with Gasteiger partial charge in [0.05, 0.1) is 0 Å². The van der Waals surface area contributed by atoms with Gasteiger partial charge in [-0.3, -0.25) is 0 Å². The van der Waals surface area contributed by atoms with Crippen LogP contribution in [0.3, 0.4) is 0 Å². The van der Waals surface area contributed by atoms with Crippen LogP contribution >= 0.6 is 0 Å². The summed E-state index contributed by atoms with van der Waals surface area (Å²) in [6, 6.07) is 9.29. The molecule has 2 aliphatic rings. The second kappa shape index (κ2) is 7.49. The Morgan fingerprint density at radius 2 is 1.36 bits per heavy atom. The smallest absolute Gasteiger partial charge is 0 e. The summed E-state index contributed by atoms with van der Waals surface area (Å²) in [5.41, 5.74) is 2.97. The first-order valence-electron chi connectivity index (χ1n) is 9.45. The highest BCUT2D eigenvalue weighted by Gasteiger charge is 2.30. The zero-order valence-corrected chi connectivity index (χ0v) is 14.4. The van der Waals surface area contributed by atoms with Gasteiger partial charge in [-0.2, -0.15) is 0 Å². The molecule has 1 aromatic rings. The van der Waals surface area contributed by atoms with Gasteiger partial charge >= 0.3 is 0 Å². The lowest BCUT2D eigenvalue weighted by atomic mass is 9.68. The lowest BCUT2D eigenvalue weighted by molar-refractivity contribution is 0.171. The molecule has 0 bridgehead atoms. The minimum atomic E-state index is 0. The number of hydrogen-bond donors (Lipinski definition) is 0. The van der Waals surface area contributed by atoms with Crippen LogP contribution in [0.4, 0.5) is 0 Å². The predicted molar refractivity (Wildman–Crippen MR) is 100 cm³/mol. The normalized spacial score (nSPS) is 33.2. The van der Waals surface area contributed by atoms with E-state index in [-0.39, 0.29) is 2.85 Å². The van der Waals surface area contributed by atoms with E-state index in [2.05, 4.69) is 50.3 Å². The molecular formula is C22H36. The van der Waals surface area contributed by atoms with Gasteiger partial charge in [0.1, 0.15) is 0 Å². The van der Waals surface area contributed by atoms with Crippen LogP contribution in [0.5, 0.6) is 0 Å². The van der Waals surface area contributed by atoms with Crippen molar-refractivity contribution < 1.29 is 2.85 Å². The first-order chi connectivity index (χ1) is 10.8. The first-order valence-corrected chi connectivity index (χ1v) is 9.45. The highest BCUT2D eigenvalue weighted by Crippen LogP contribution is 2.44. The Balaban J connectivity index is 0.00000144. The minimum Gasteiger partial charge on any atom is -0.0914 e. The number of hydrogen-bond acceptors (Lipinski definition) is 0. The van der Waals surface area contributed by atoms with Gasteiger partial charge < -0.3 is 0 Å². The number of benzene rings is 1. The van der Waals surface area contributed by atoms with Crippen molar-refractivity contribution in [1.82, 2.24) is 0 Å². The van der Waals surface area contributed by atoms with Gasteiger partial charge in [-0.25, -0.2) is 0 Å². The van der Waals surface area contributed by atoms with Gasteiger partial charge in [0.2, 0.25) is 0 Å². The molecule has 0 amide bonds. The molecule has 0 atom stereocenters. The van der Waals surface area contributed by atoms with E-state index >= 15 is 0 Å². The minimum absolute atomic E-state index is 0. The molecule has 2 aliphatic carbocycles. The maximum atomic E-state index is 2.44. The molecule has 0 aliphatic heterocycles. The molecule has 0 heterocycles. The Hall–Kier alpha value is -1.04. The van der Waals surface area contributed by atoms with E-state index in [9.17, 15) is 0 Å². The van der Waals surface area contributed by atoms with Gasteiger partial charge in [-0.15, -0.1) is 0 Å². The summed E-state index contributed by atoms with van der Waals surface area (Å²) < 4.78 is 0. The third-order valence-electron chi connectivity index (χ3n) is 6.27. The standard InChI is InChI=1S/C22H32.2H2/c1-3-4-18-7-11-20(12-8-18)22-15-13-21(14-16-22)19-9-5-17(2)6-10-19;;/h3-6,9-10,18,20-22H,7-8,11-16H2,1-2H3;2*1H/b4-3+;;. The van der Waals surface area contributed by atoms with Crippen molar-refractivity contribution in [3.8, 4) is 0 Å². The van der Waals surface area contributed by atoms with Crippen LogP contribution in [0.2, 0.25) is 0 Å². The van der Waals surface area contributed by atoms with E-state index in [1.165, 1.54) is 56.9 Å². The van der Waals surface area contributed by atoms with E-state index in [4.69, 9.17) is 0 Å². The molecule has 3 rings (SSSR count). The number of rotatable bonds is 3. The molecular weight excluding hydrogens is 264 g/mol. The van der Waals surface area contributed by atoms with Crippen LogP contribution < -0.4 is 0 Å². The molecule has 0 saturated heterocycles.